The van der Waals surface area contributed by atoms with Crippen LogP contribution in [-0.2, 0) is 4.79 Å². The van der Waals surface area contributed by atoms with Gasteiger partial charge in [0.25, 0.3) is 0 Å². The average molecular weight is 473 g/mol. The largest absolute Gasteiger partial charge is 0.353 e. The molecule has 164 valence electrons. The van der Waals surface area contributed by atoms with Crippen molar-refractivity contribution in [3.8, 4) is 6.07 Å². The van der Waals surface area contributed by atoms with E-state index in [1.54, 1.807) is 13.0 Å². The number of halogens is 1. The van der Waals surface area contributed by atoms with Crippen molar-refractivity contribution in [3.63, 3.8) is 0 Å². The molecule has 4 nitrogen and oxygen atoms in total. The number of benzene rings is 3. The Balaban J connectivity index is 1.66. The predicted molar refractivity (Wildman–Crippen MR) is 134 cm³/mol. The summed E-state index contributed by atoms with van der Waals surface area (Å²) in [5, 5.41) is 16.4. The van der Waals surface area contributed by atoms with E-state index in [4.69, 9.17) is 11.6 Å². The van der Waals surface area contributed by atoms with Crippen LogP contribution in [0.5, 0.6) is 0 Å². The van der Waals surface area contributed by atoms with Crippen molar-refractivity contribution in [2.75, 3.05) is 5.75 Å². The second-order valence-corrected chi connectivity index (χ2v) is 9.20. The number of allylic oxidation sites excluding steroid dienone is 3. The Kier molecular flexibility index (Phi) is 6.69. The number of nitrogens with one attached hydrogen (secondary N) is 1. The van der Waals surface area contributed by atoms with Gasteiger partial charge in [-0.3, -0.25) is 9.59 Å². The molecule has 1 unspecified atom stereocenters. The molecule has 3 aromatic carbocycles. The van der Waals surface area contributed by atoms with Gasteiger partial charge in [0, 0.05) is 21.9 Å². The Morgan fingerprint density at radius 1 is 1.06 bits per heavy atom. The predicted octanol–water partition coefficient (Wildman–Crippen LogP) is 6.39. The van der Waals surface area contributed by atoms with Crippen LogP contribution in [0.4, 0.5) is 0 Å². The number of ketones is 2. The molecule has 0 amide bonds. The van der Waals surface area contributed by atoms with E-state index in [1.807, 2.05) is 60.7 Å². The standard InChI is InChI=1S/C27H21ClN2O2S/c1-16-25(17(2)31)26(21-9-5-6-10-23(21)28)22(14-29)27(30-16)33-15-24(32)20-12-11-18-7-3-4-8-19(18)13-20/h3-13,26,30H,15H2,1-2H3. The van der Waals surface area contributed by atoms with Gasteiger partial charge < -0.3 is 5.32 Å². The maximum absolute atomic E-state index is 12.9. The first-order valence-electron chi connectivity index (χ1n) is 10.4. The topological polar surface area (TPSA) is 70.0 Å². The maximum Gasteiger partial charge on any atom is 0.173 e. The summed E-state index contributed by atoms with van der Waals surface area (Å²) in [7, 11) is 0. The molecule has 0 aliphatic carbocycles. The lowest BCUT2D eigenvalue weighted by atomic mass is 9.81. The van der Waals surface area contributed by atoms with Crippen LogP contribution in [-0.4, -0.2) is 17.3 Å². The van der Waals surface area contributed by atoms with E-state index in [1.165, 1.54) is 18.7 Å². The third-order valence-corrected chi connectivity index (χ3v) is 7.02. The van der Waals surface area contributed by atoms with Crippen molar-refractivity contribution in [2.45, 2.75) is 19.8 Å². The molecule has 6 heteroatoms. The number of dihydropyridines is 1. The summed E-state index contributed by atoms with van der Waals surface area (Å²) in [6.45, 7) is 3.29. The number of hydrogen-bond donors (Lipinski definition) is 1. The van der Waals surface area contributed by atoms with Crippen LogP contribution in [0.25, 0.3) is 10.8 Å². The normalized spacial score (nSPS) is 15.9. The summed E-state index contributed by atoms with van der Waals surface area (Å²) < 4.78 is 0. The Morgan fingerprint density at radius 3 is 2.45 bits per heavy atom. The summed E-state index contributed by atoms with van der Waals surface area (Å²) in [6.07, 6.45) is 0. The zero-order chi connectivity index (χ0) is 23.5. The highest BCUT2D eigenvalue weighted by molar-refractivity contribution is 8.03. The van der Waals surface area contributed by atoms with Crippen LogP contribution in [0.15, 0.2) is 88.6 Å². The fourth-order valence-corrected chi connectivity index (χ4v) is 5.33. The molecular weight excluding hydrogens is 452 g/mol. The van der Waals surface area contributed by atoms with Crippen LogP contribution in [0.1, 0.15) is 35.7 Å². The van der Waals surface area contributed by atoms with Crippen molar-refractivity contribution in [2.24, 2.45) is 0 Å². The monoisotopic (exact) mass is 472 g/mol. The van der Waals surface area contributed by atoms with Gasteiger partial charge in [0.05, 0.1) is 28.3 Å². The minimum Gasteiger partial charge on any atom is -0.353 e. The van der Waals surface area contributed by atoms with Crippen molar-refractivity contribution in [3.05, 3.63) is 105 Å². The third-order valence-electron chi connectivity index (χ3n) is 5.66. The fourth-order valence-electron chi connectivity index (χ4n) is 4.10. The van der Waals surface area contributed by atoms with Crippen molar-refractivity contribution >= 4 is 45.7 Å². The molecule has 3 aromatic rings. The van der Waals surface area contributed by atoms with E-state index in [2.05, 4.69) is 11.4 Å². The fraction of sp³-hybridized carbons (Fsp3) is 0.148. The Hall–Kier alpha value is -3.33. The molecule has 1 N–H and O–H groups in total. The molecule has 0 saturated carbocycles. The van der Waals surface area contributed by atoms with E-state index in [9.17, 15) is 14.9 Å². The first kappa shape index (κ1) is 22.8. The van der Waals surface area contributed by atoms with Gasteiger partial charge in [0.2, 0.25) is 0 Å². The number of fused-ring (bicyclic) bond motifs is 1. The highest BCUT2D eigenvalue weighted by Gasteiger charge is 2.34. The van der Waals surface area contributed by atoms with Crippen molar-refractivity contribution in [1.29, 1.82) is 5.26 Å². The SMILES string of the molecule is CC(=O)C1=C(C)NC(SCC(=O)c2ccc3ccccc3c2)=C(C#N)C1c1ccccc1Cl. The van der Waals surface area contributed by atoms with E-state index < -0.39 is 5.92 Å². The number of carbonyl (C=O) groups is 2. The molecule has 0 spiro atoms. The number of rotatable bonds is 6. The summed E-state index contributed by atoms with van der Waals surface area (Å²) in [5.74, 6) is -0.593. The van der Waals surface area contributed by atoms with Crippen LogP contribution < -0.4 is 5.32 Å². The van der Waals surface area contributed by atoms with E-state index >= 15 is 0 Å². The highest BCUT2D eigenvalue weighted by Crippen LogP contribution is 2.43. The molecule has 4 rings (SSSR count). The van der Waals surface area contributed by atoms with E-state index in [0.29, 0.717) is 38.0 Å². The maximum atomic E-state index is 12.9. The van der Waals surface area contributed by atoms with Gasteiger partial charge in [0.15, 0.2) is 11.6 Å². The molecule has 0 radical (unpaired) electrons. The number of carbonyl (C=O) groups excluding carboxylic acids is 2. The van der Waals surface area contributed by atoms with Crippen molar-refractivity contribution in [1.82, 2.24) is 5.32 Å². The first-order chi connectivity index (χ1) is 15.9. The van der Waals surface area contributed by atoms with Gasteiger partial charge in [0.1, 0.15) is 0 Å². The number of Topliss-reactive ketones (excluding diaryl/α,β-unsaturated/α-hetero) is 2. The number of hydrogen-bond acceptors (Lipinski definition) is 5. The lowest BCUT2D eigenvalue weighted by molar-refractivity contribution is -0.113. The zero-order valence-corrected chi connectivity index (χ0v) is 19.8. The summed E-state index contributed by atoms with van der Waals surface area (Å²) in [4.78, 5) is 25.4. The molecule has 1 aliphatic heterocycles. The van der Waals surface area contributed by atoms with Crippen LogP contribution in [0.2, 0.25) is 5.02 Å². The van der Waals surface area contributed by atoms with Gasteiger partial charge in [-0.05, 0) is 42.3 Å². The van der Waals surface area contributed by atoms with Crippen LogP contribution >= 0.6 is 23.4 Å². The molecule has 0 bridgehead atoms. The summed E-state index contributed by atoms with van der Waals surface area (Å²) in [5.41, 5.74) is 2.86. The first-order valence-corrected chi connectivity index (χ1v) is 11.8. The van der Waals surface area contributed by atoms with E-state index in [0.717, 1.165) is 10.8 Å². The molecule has 0 aromatic heterocycles. The van der Waals surface area contributed by atoms with Gasteiger partial charge in [-0.15, -0.1) is 0 Å². The van der Waals surface area contributed by atoms with Gasteiger partial charge in [-0.1, -0.05) is 78.0 Å². The highest BCUT2D eigenvalue weighted by atomic mass is 35.5. The van der Waals surface area contributed by atoms with Gasteiger partial charge in [-0.25, -0.2) is 0 Å². The molecular formula is C27H21ClN2O2S. The zero-order valence-electron chi connectivity index (χ0n) is 18.2. The van der Waals surface area contributed by atoms with Gasteiger partial charge >= 0.3 is 0 Å². The molecule has 1 atom stereocenters. The van der Waals surface area contributed by atoms with Crippen LogP contribution in [0, 0.1) is 11.3 Å². The minimum atomic E-state index is -0.583. The molecule has 0 fully saturated rings. The molecule has 0 saturated heterocycles. The lowest BCUT2D eigenvalue weighted by Crippen LogP contribution is -2.27. The second kappa shape index (κ2) is 9.66. The smallest absolute Gasteiger partial charge is 0.173 e. The molecule has 33 heavy (non-hydrogen) atoms. The average Bonchev–Trinajstić information content (AvgIpc) is 2.81. The van der Waals surface area contributed by atoms with E-state index in [-0.39, 0.29) is 17.3 Å². The number of nitrogens with zero attached hydrogens (tertiary/aromatic N) is 1. The molecule has 1 aliphatic rings. The van der Waals surface area contributed by atoms with Crippen LogP contribution in [0.3, 0.4) is 0 Å². The Labute approximate surface area is 201 Å². The second-order valence-electron chi connectivity index (χ2n) is 7.80. The quantitative estimate of drug-likeness (QED) is 0.420. The number of thioether (sulfide) groups is 1. The Bertz CT molecular complexity index is 1380. The lowest BCUT2D eigenvalue weighted by Gasteiger charge is -2.29. The summed E-state index contributed by atoms with van der Waals surface area (Å²) >= 11 is 7.72. The minimum absolute atomic E-state index is 0.0365. The number of nitriles is 1. The van der Waals surface area contributed by atoms with Gasteiger partial charge in [-0.2, -0.15) is 5.26 Å². The van der Waals surface area contributed by atoms with Crippen molar-refractivity contribution < 1.29 is 9.59 Å². The Morgan fingerprint density at radius 2 is 1.76 bits per heavy atom. The third kappa shape index (κ3) is 4.59. The molecule has 1 heterocycles. The summed E-state index contributed by atoms with van der Waals surface area (Å²) in [6, 6.07) is 23.0.